The van der Waals surface area contributed by atoms with Crippen LogP contribution in [0.4, 0.5) is 0 Å². The van der Waals surface area contributed by atoms with E-state index in [-0.39, 0.29) is 12.3 Å². The van der Waals surface area contributed by atoms with Crippen LogP contribution in [0.15, 0.2) is 12.1 Å². The van der Waals surface area contributed by atoms with Gasteiger partial charge < -0.3 is 15.2 Å². The summed E-state index contributed by atoms with van der Waals surface area (Å²) in [5.74, 6) is 1.38. The number of ether oxygens (including phenoxy) is 2. The van der Waals surface area contributed by atoms with E-state index in [4.69, 9.17) is 15.2 Å². The van der Waals surface area contributed by atoms with Crippen LogP contribution in [-0.2, 0) is 6.42 Å². The molecule has 2 rings (SSSR count). The van der Waals surface area contributed by atoms with E-state index < -0.39 is 0 Å². The van der Waals surface area contributed by atoms with E-state index >= 15 is 0 Å². The summed E-state index contributed by atoms with van der Waals surface area (Å²) < 4.78 is 11.3. The molecule has 0 saturated carbocycles. The molecule has 17 heavy (non-hydrogen) atoms. The molecule has 0 bridgehead atoms. The number of hydrogen-bond acceptors (Lipinski definition) is 4. The molecule has 0 aromatic heterocycles. The average molecular weight is 235 g/mol. The highest BCUT2D eigenvalue weighted by Crippen LogP contribution is 2.36. The van der Waals surface area contributed by atoms with Crippen molar-refractivity contribution in [3.8, 4) is 11.5 Å². The van der Waals surface area contributed by atoms with Crippen molar-refractivity contribution in [1.29, 1.82) is 0 Å². The lowest BCUT2D eigenvalue weighted by Gasteiger charge is -2.14. The van der Waals surface area contributed by atoms with Gasteiger partial charge in [0.15, 0.2) is 17.3 Å². The highest BCUT2D eigenvalue weighted by Gasteiger charge is 2.19. The van der Waals surface area contributed by atoms with Gasteiger partial charge in [-0.3, -0.25) is 4.79 Å². The van der Waals surface area contributed by atoms with Crippen molar-refractivity contribution in [3.05, 3.63) is 23.3 Å². The van der Waals surface area contributed by atoms with Crippen LogP contribution < -0.4 is 15.2 Å². The second-order valence-corrected chi connectivity index (χ2v) is 3.95. The third kappa shape index (κ3) is 2.26. The highest BCUT2D eigenvalue weighted by atomic mass is 16.5. The van der Waals surface area contributed by atoms with Crippen LogP contribution in [0.1, 0.15) is 29.3 Å². The molecular formula is C13H17NO3. The predicted octanol–water partition coefficient (Wildman–Crippen LogP) is 1.55. The van der Waals surface area contributed by atoms with Gasteiger partial charge >= 0.3 is 0 Å². The minimum atomic E-state index is -0.0579. The molecule has 0 fully saturated rings. The molecule has 0 radical (unpaired) electrons. The fraction of sp³-hybridized carbons (Fsp3) is 0.462. The molecule has 4 nitrogen and oxygen atoms in total. The fourth-order valence-electron chi connectivity index (χ4n) is 2.02. The van der Waals surface area contributed by atoms with Gasteiger partial charge in [-0.2, -0.15) is 0 Å². The van der Waals surface area contributed by atoms with Crippen molar-refractivity contribution in [3.63, 3.8) is 0 Å². The molecule has 0 spiro atoms. The van der Waals surface area contributed by atoms with Gasteiger partial charge in [-0.25, -0.2) is 0 Å². The van der Waals surface area contributed by atoms with Gasteiger partial charge in [0, 0.05) is 17.5 Å². The van der Waals surface area contributed by atoms with E-state index in [0.29, 0.717) is 24.5 Å². The van der Waals surface area contributed by atoms with Gasteiger partial charge in [0.2, 0.25) is 0 Å². The monoisotopic (exact) mass is 235 g/mol. The summed E-state index contributed by atoms with van der Waals surface area (Å²) >= 11 is 0. The van der Waals surface area contributed by atoms with Crippen LogP contribution in [0.3, 0.4) is 0 Å². The number of carbonyl (C=O) groups excluding carboxylic acids is 1. The number of carbonyl (C=O) groups is 1. The van der Waals surface area contributed by atoms with Gasteiger partial charge in [0.05, 0.1) is 19.8 Å². The largest absolute Gasteiger partial charge is 0.490 e. The molecule has 0 aliphatic carbocycles. The Balaban J connectivity index is 2.50. The van der Waals surface area contributed by atoms with Crippen LogP contribution >= 0.6 is 0 Å². The standard InChI is InChI=1S/C13H17NO3/c1-2-9-10(11(15)8-14)4-5-12-13(9)17-7-3-6-16-12/h4-5H,2-3,6-8,14H2,1H3. The van der Waals surface area contributed by atoms with Crippen molar-refractivity contribution in [1.82, 2.24) is 0 Å². The first kappa shape index (κ1) is 11.9. The van der Waals surface area contributed by atoms with Crippen molar-refractivity contribution >= 4 is 5.78 Å². The Morgan fingerprint density at radius 3 is 2.82 bits per heavy atom. The molecule has 2 N–H and O–H groups in total. The zero-order valence-electron chi connectivity index (χ0n) is 9.99. The molecule has 1 aromatic rings. The summed E-state index contributed by atoms with van der Waals surface area (Å²) in [4.78, 5) is 11.7. The third-order valence-electron chi connectivity index (χ3n) is 2.86. The maximum Gasteiger partial charge on any atom is 0.176 e. The second kappa shape index (κ2) is 5.19. The molecule has 0 amide bonds. The Labute approximate surface area is 101 Å². The maximum atomic E-state index is 11.7. The number of nitrogens with two attached hydrogens (primary N) is 1. The van der Waals surface area contributed by atoms with Crippen molar-refractivity contribution < 1.29 is 14.3 Å². The van der Waals surface area contributed by atoms with Gasteiger partial charge in [-0.05, 0) is 18.6 Å². The summed E-state index contributed by atoms with van der Waals surface area (Å²) in [5, 5.41) is 0. The van der Waals surface area contributed by atoms with E-state index in [9.17, 15) is 4.79 Å². The number of ketones is 1. The van der Waals surface area contributed by atoms with Gasteiger partial charge in [0.1, 0.15) is 0 Å². The fourth-order valence-corrected chi connectivity index (χ4v) is 2.02. The Bertz CT molecular complexity index is 429. The lowest BCUT2D eigenvalue weighted by atomic mass is 10.00. The van der Waals surface area contributed by atoms with E-state index in [1.807, 2.05) is 6.92 Å². The summed E-state index contributed by atoms with van der Waals surface area (Å²) in [5.41, 5.74) is 6.97. The van der Waals surface area contributed by atoms with Gasteiger partial charge in [0.25, 0.3) is 0 Å². The molecule has 1 aliphatic rings. The van der Waals surface area contributed by atoms with E-state index in [1.54, 1.807) is 12.1 Å². The normalized spacial score (nSPS) is 14.2. The first-order chi connectivity index (χ1) is 8.27. The predicted molar refractivity (Wildman–Crippen MR) is 64.8 cm³/mol. The number of rotatable bonds is 3. The van der Waals surface area contributed by atoms with Crippen molar-refractivity contribution in [2.24, 2.45) is 5.73 Å². The lowest BCUT2D eigenvalue weighted by molar-refractivity contribution is 0.1000. The number of fused-ring (bicyclic) bond motifs is 1. The van der Waals surface area contributed by atoms with Crippen LogP contribution in [0.5, 0.6) is 11.5 Å². The average Bonchev–Trinajstić information content (AvgIpc) is 2.61. The molecular weight excluding hydrogens is 218 g/mol. The third-order valence-corrected chi connectivity index (χ3v) is 2.86. The molecule has 0 saturated heterocycles. The second-order valence-electron chi connectivity index (χ2n) is 3.95. The summed E-state index contributed by atoms with van der Waals surface area (Å²) in [6, 6.07) is 3.57. The minimum Gasteiger partial charge on any atom is -0.490 e. The zero-order valence-corrected chi connectivity index (χ0v) is 9.99. The number of Topliss-reactive ketones (excluding diaryl/α,β-unsaturated/α-hetero) is 1. The Kier molecular flexibility index (Phi) is 3.64. The first-order valence-corrected chi connectivity index (χ1v) is 5.92. The maximum absolute atomic E-state index is 11.7. The highest BCUT2D eigenvalue weighted by molar-refractivity contribution is 5.99. The van der Waals surface area contributed by atoms with Crippen LogP contribution in [-0.4, -0.2) is 25.5 Å². The quantitative estimate of drug-likeness (QED) is 0.807. The van der Waals surface area contributed by atoms with Crippen LogP contribution in [0, 0.1) is 0 Å². The van der Waals surface area contributed by atoms with Gasteiger partial charge in [-0.1, -0.05) is 6.92 Å². The van der Waals surface area contributed by atoms with E-state index in [2.05, 4.69) is 0 Å². The smallest absolute Gasteiger partial charge is 0.176 e. The lowest BCUT2D eigenvalue weighted by Crippen LogP contribution is -2.16. The summed E-state index contributed by atoms with van der Waals surface area (Å²) in [6.45, 7) is 3.30. The SMILES string of the molecule is CCc1c(C(=O)CN)ccc2c1OCCCO2. The zero-order chi connectivity index (χ0) is 12.3. The van der Waals surface area contributed by atoms with Crippen LogP contribution in [0.25, 0.3) is 0 Å². The van der Waals surface area contributed by atoms with E-state index in [0.717, 1.165) is 24.2 Å². The molecule has 0 unspecified atom stereocenters. The molecule has 4 heteroatoms. The number of benzene rings is 1. The number of hydrogen-bond donors (Lipinski definition) is 1. The minimum absolute atomic E-state index is 0.0205. The summed E-state index contributed by atoms with van der Waals surface area (Å²) in [7, 11) is 0. The van der Waals surface area contributed by atoms with E-state index in [1.165, 1.54) is 0 Å². The van der Waals surface area contributed by atoms with Crippen molar-refractivity contribution in [2.75, 3.05) is 19.8 Å². The Hall–Kier alpha value is -1.55. The van der Waals surface area contributed by atoms with Gasteiger partial charge in [-0.15, -0.1) is 0 Å². The van der Waals surface area contributed by atoms with Crippen molar-refractivity contribution in [2.45, 2.75) is 19.8 Å². The topological polar surface area (TPSA) is 61.6 Å². The molecule has 92 valence electrons. The first-order valence-electron chi connectivity index (χ1n) is 5.92. The Morgan fingerprint density at radius 1 is 1.35 bits per heavy atom. The molecule has 1 heterocycles. The molecule has 0 atom stereocenters. The summed E-state index contributed by atoms with van der Waals surface area (Å²) in [6.07, 6.45) is 1.59. The Morgan fingerprint density at radius 2 is 2.12 bits per heavy atom. The molecule has 1 aliphatic heterocycles. The molecule has 1 aromatic carbocycles. The van der Waals surface area contributed by atoms with Crippen LogP contribution in [0.2, 0.25) is 0 Å².